The number of hydrogen-bond donors (Lipinski definition) is 3. The van der Waals surface area contributed by atoms with Gasteiger partial charge in [-0.25, -0.2) is 9.97 Å². The van der Waals surface area contributed by atoms with Crippen LogP contribution in [0.4, 0.5) is 17.3 Å². The van der Waals surface area contributed by atoms with Crippen LogP contribution in [0, 0.1) is 6.92 Å². The second-order valence-electron chi connectivity index (χ2n) is 6.84. The highest BCUT2D eigenvalue weighted by molar-refractivity contribution is 7.99. The Morgan fingerprint density at radius 1 is 1.13 bits per heavy atom. The number of amides is 1. The van der Waals surface area contributed by atoms with Gasteiger partial charge in [-0.2, -0.15) is 5.10 Å². The molecule has 1 amide bonds. The molecule has 31 heavy (non-hydrogen) atoms. The van der Waals surface area contributed by atoms with Crippen LogP contribution in [-0.4, -0.2) is 38.6 Å². The first-order valence-corrected chi connectivity index (χ1v) is 10.5. The summed E-state index contributed by atoms with van der Waals surface area (Å²) in [5, 5.41) is 14.3. The average Bonchev–Trinajstić information content (AvgIpc) is 3.40. The Morgan fingerprint density at radius 3 is 2.87 bits per heavy atom. The minimum absolute atomic E-state index is 0.160. The summed E-state index contributed by atoms with van der Waals surface area (Å²) in [5.74, 6) is 2.52. The van der Waals surface area contributed by atoms with Crippen molar-refractivity contribution in [2.45, 2.75) is 12.1 Å². The number of aromatic nitrogens is 4. The number of ether oxygens (including phenoxy) is 2. The molecule has 156 valence electrons. The summed E-state index contributed by atoms with van der Waals surface area (Å²) in [7, 11) is 0. The molecule has 0 atom stereocenters. The number of aromatic amines is 1. The van der Waals surface area contributed by atoms with Crippen molar-refractivity contribution in [3.8, 4) is 11.5 Å². The van der Waals surface area contributed by atoms with Crippen molar-refractivity contribution >= 4 is 45.9 Å². The van der Waals surface area contributed by atoms with E-state index >= 15 is 0 Å². The standard InChI is InChI=1S/C21H18N6O3S/c1-12-8-18(27-26-12)24-19(28)10-31-21-23-15-5-3-2-4-14(15)20(25-21)22-13-6-7-16-17(9-13)30-11-29-16/h2-9H,10-11H2,1H3,(H,22,23,25)(H2,24,26,27,28). The first-order chi connectivity index (χ1) is 15.1. The van der Waals surface area contributed by atoms with E-state index in [1.807, 2.05) is 49.4 Å². The van der Waals surface area contributed by atoms with Crippen molar-refractivity contribution < 1.29 is 14.3 Å². The lowest BCUT2D eigenvalue weighted by atomic mass is 10.2. The van der Waals surface area contributed by atoms with E-state index in [1.165, 1.54) is 11.8 Å². The maximum atomic E-state index is 12.3. The number of hydrogen-bond acceptors (Lipinski definition) is 8. The Balaban J connectivity index is 1.36. The van der Waals surface area contributed by atoms with Crippen molar-refractivity contribution in [1.82, 2.24) is 20.2 Å². The summed E-state index contributed by atoms with van der Waals surface area (Å²) in [4.78, 5) is 21.5. The van der Waals surface area contributed by atoms with Gasteiger partial charge in [0.05, 0.1) is 11.3 Å². The summed E-state index contributed by atoms with van der Waals surface area (Å²) in [5.41, 5.74) is 2.47. The van der Waals surface area contributed by atoms with Gasteiger partial charge in [0.25, 0.3) is 0 Å². The minimum Gasteiger partial charge on any atom is -0.454 e. The molecule has 2 aromatic heterocycles. The summed E-state index contributed by atoms with van der Waals surface area (Å²) >= 11 is 1.26. The number of rotatable bonds is 6. The third-order valence-electron chi connectivity index (χ3n) is 4.52. The number of fused-ring (bicyclic) bond motifs is 2. The lowest BCUT2D eigenvalue weighted by Crippen LogP contribution is -2.14. The molecule has 0 unspecified atom stereocenters. The normalized spacial score (nSPS) is 12.2. The Kier molecular flexibility index (Phi) is 5.04. The average molecular weight is 434 g/mol. The van der Waals surface area contributed by atoms with Gasteiger partial charge in [-0.1, -0.05) is 23.9 Å². The first kappa shape index (κ1) is 19.2. The highest BCUT2D eigenvalue weighted by atomic mass is 32.2. The fourth-order valence-electron chi connectivity index (χ4n) is 3.12. The summed E-state index contributed by atoms with van der Waals surface area (Å²) < 4.78 is 10.8. The molecule has 4 aromatic rings. The Bertz CT molecular complexity index is 1280. The number of carbonyl (C=O) groups is 1. The second-order valence-corrected chi connectivity index (χ2v) is 7.78. The van der Waals surface area contributed by atoms with Crippen molar-refractivity contribution in [3.05, 3.63) is 54.2 Å². The largest absolute Gasteiger partial charge is 0.454 e. The minimum atomic E-state index is -0.182. The maximum Gasteiger partial charge on any atom is 0.236 e. The second kappa shape index (κ2) is 8.15. The van der Waals surface area contributed by atoms with Crippen LogP contribution in [0.1, 0.15) is 5.69 Å². The summed E-state index contributed by atoms with van der Waals surface area (Å²) in [6.45, 7) is 2.09. The van der Waals surface area contributed by atoms with Gasteiger partial charge in [0.2, 0.25) is 12.7 Å². The van der Waals surface area contributed by atoms with Crippen LogP contribution >= 0.6 is 11.8 Å². The molecular weight excluding hydrogens is 416 g/mol. The van der Waals surface area contributed by atoms with E-state index in [0.29, 0.717) is 28.3 Å². The molecule has 10 heteroatoms. The van der Waals surface area contributed by atoms with Gasteiger partial charge in [-0.15, -0.1) is 0 Å². The molecular formula is C21H18N6O3S. The molecule has 3 heterocycles. The van der Waals surface area contributed by atoms with E-state index in [1.54, 1.807) is 6.07 Å². The lowest BCUT2D eigenvalue weighted by molar-refractivity contribution is -0.113. The molecule has 0 fully saturated rings. The SMILES string of the molecule is Cc1cc(NC(=O)CSc2nc(Nc3ccc4c(c3)OCO4)c3ccccc3n2)n[nH]1. The fourth-order valence-corrected chi connectivity index (χ4v) is 3.77. The van der Waals surface area contributed by atoms with Gasteiger partial charge in [0.15, 0.2) is 22.5 Å². The fraction of sp³-hybridized carbons (Fsp3) is 0.143. The zero-order valence-electron chi connectivity index (χ0n) is 16.5. The van der Waals surface area contributed by atoms with Gasteiger partial charge < -0.3 is 20.1 Å². The predicted octanol–water partition coefficient (Wildman–Crippen LogP) is 3.86. The molecule has 3 N–H and O–H groups in total. The van der Waals surface area contributed by atoms with Crippen LogP contribution in [0.15, 0.2) is 53.7 Å². The molecule has 2 aromatic carbocycles. The van der Waals surface area contributed by atoms with Crippen LogP contribution < -0.4 is 20.1 Å². The van der Waals surface area contributed by atoms with E-state index in [9.17, 15) is 4.79 Å². The van der Waals surface area contributed by atoms with Gasteiger partial charge in [-0.05, 0) is 31.2 Å². The number of nitrogens with zero attached hydrogens (tertiary/aromatic N) is 3. The summed E-state index contributed by atoms with van der Waals surface area (Å²) in [6.07, 6.45) is 0. The highest BCUT2D eigenvalue weighted by Crippen LogP contribution is 2.36. The number of carbonyl (C=O) groups excluding carboxylic acids is 1. The van der Waals surface area contributed by atoms with Gasteiger partial charge >= 0.3 is 0 Å². The molecule has 0 saturated heterocycles. The molecule has 5 rings (SSSR count). The topological polar surface area (TPSA) is 114 Å². The van der Waals surface area contributed by atoms with E-state index in [4.69, 9.17) is 9.47 Å². The number of anilines is 3. The van der Waals surface area contributed by atoms with Gasteiger partial charge in [-0.3, -0.25) is 9.89 Å². The van der Waals surface area contributed by atoms with E-state index < -0.39 is 0 Å². The van der Waals surface area contributed by atoms with Gasteiger partial charge in [0, 0.05) is 28.9 Å². The molecule has 1 aliphatic heterocycles. The molecule has 0 aliphatic carbocycles. The van der Waals surface area contributed by atoms with E-state index in [2.05, 4.69) is 30.8 Å². The van der Waals surface area contributed by atoms with E-state index in [-0.39, 0.29) is 18.5 Å². The third-order valence-corrected chi connectivity index (χ3v) is 5.37. The number of aryl methyl sites for hydroxylation is 1. The van der Waals surface area contributed by atoms with Crippen molar-refractivity contribution in [3.63, 3.8) is 0 Å². The Labute approximate surface area is 181 Å². The monoisotopic (exact) mass is 434 g/mol. The number of benzene rings is 2. The number of nitrogens with one attached hydrogen (secondary N) is 3. The Hall–Kier alpha value is -3.79. The van der Waals surface area contributed by atoms with Crippen LogP contribution in [0.5, 0.6) is 11.5 Å². The Morgan fingerprint density at radius 2 is 2.00 bits per heavy atom. The number of H-pyrrole nitrogens is 1. The van der Waals surface area contributed by atoms with Crippen LogP contribution in [-0.2, 0) is 4.79 Å². The quantitative estimate of drug-likeness (QED) is 0.310. The highest BCUT2D eigenvalue weighted by Gasteiger charge is 2.15. The smallest absolute Gasteiger partial charge is 0.236 e. The third kappa shape index (κ3) is 4.24. The van der Waals surface area contributed by atoms with Crippen LogP contribution in [0.25, 0.3) is 10.9 Å². The zero-order chi connectivity index (χ0) is 21.2. The first-order valence-electron chi connectivity index (χ1n) is 9.52. The molecule has 0 saturated carbocycles. The van der Waals surface area contributed by atoms with Gasteiger partial charge in [0.1, 0.15) is 5.82 Å². The van der Waals surface area contributed by atoms with E-state index in [0.717, 1.165) is 22.3 Å². The van der Waals surface area contributed by atoms with Crippen molar-refractivity contribution in [2.24, 2.45) is 0 Å². The number of para-hydroxylation sites is 1. The molecule has 1 aliphatic rings. The number of thioether (sulfide) groups is 1. The lowest BCUT2D eigenvalue weighted by Gasteiger charge is -2.11. The van der Waals surface area contributed by atoms with Crippen molar-refractivity contribution in [2.75, 3.05) is 23.2 Å². The van der Waals surface area contributed by atoms with Crippen molar-refractivity contribution in [1.29, 1.82) is 0 Å². The molecule has 0 spiro atoms. The van der Waals surface area contributed by atoms with Crippen LogP contribution in [0.3, 0.4) is 0 Å². The maximum absolute atomic E-state index is 12.3. The van der Waals surface area contributed by atoms with Crippen LogP contribution in [0.2, 0.25) is 0 Å². The predicted molar refractivity (Wildman–Crippen MR) is 118 cm³/mol. The summed E-state index contributed by atoms with van der Waals surface area (Å²) in [6, 6.07) is 15.1. The molecule has 0 bridgehead atoms. The molecule has 0 radical (unpaired) electrons. The zero-order valence-corrected chi connectivity index (χ0v) is 17.3. The molecule has 9 nitrogen and oxygen atoms in total.